The van der Waals surface area contributed by atoms with Crippen LogP contribution in [0.15, 0.2) is 18.2 Å². The Morgan fingerprint density at radius 3 is 2.79 bits per heavy atom. The van der Waals surface area contributed by atoms with Gasteiger partial charge in [-0.25, -0.2) is 4.79 Å². The maximum Gasteiger partial charge on any atom is 0.336 e. The summed E-state index contributed by atoms with van der Waals surface area (Å²) in [5, 5.41) is 9.94. The number of aryl methyl sites for hydroxylation is 2. The topological polar surface area (TPSA) is 37.3 Å². The molecule has 3 heteroatoms. The average Bonchev–Trinajstić information content (AvgIpc) is 2.14. The molecule has 0 unspecified atom stereocenters. The van der Waals surface area contributed by atoms with E-state index in [9.17, 15) is 4.79 Å². The molecule has 1 aromatic carbocycles. The van der Waals surface area contributed by atoms with Crippen LogP contribution in [0.2, 0.25) is 0 Å². The van der Waals surface area contributed by atoms with Crippen molar-refractivity contribution in [2.45, 2.75) is 19.8 Å². The van der Waals surface area contributed by atoms with Gasteiger partial charge in [-0.2, -0.15) is 0 Å². The molecule has 0 fully saturated rings. The van der Waals surface area contributed by atoms with Gasteiger partial charge in [-0.1, -0.05) is 34.1 Å². The number of hydrogen-bond acceptors (Lipinski definition) is 1. The summed E-state index contributed by atoms with van der Waals surface area (Å²) in [7, 11) is 0. The van der Waals surface area contributed by atoms with Gasteiger partial charge in [0, 0.05) is 5.33 Å². The summed E-state index contributed by atoms with van der Waals surface area (Å²) in [4.78, 5) is 11.0. The van der Waals surface area contributed by atoms with E-state index >= 15 is 0 Å². The summed E-state index contributed by atoms with van der Waals surface area (Å²) in [6.07, 6.45) is 1.78. The highest BCUT2D eigenvalue weighted by molar-refractivity contribution is 9.09. The summed E-state index contributed by atoms with van der Waals surface area (Å²) in [6, 6.07) is 5.63. The average molecular weight is 257 g/mol. The molecule has 1 N–H and O–H groups in total. The smallest absolute Gasteiger partial charge is 0.336 e. The highest BCUT2D eigenvalue weighted by Crippen LogP contribution is 2.16. The molecule has 0 amide bonds. The molecule has 0 aliphatic rings. The lowest BCUT2D eigenvalue weighted by molar-refractivity contribution is 0.0695. The molecule has 0 aromatic heterocycles. The number of carboxylic acids is 1. The van der Waals surface area contributed by atoms with E-state index in [0.29, 0.717) is 5.56 Å². The van der Waals surface area contributed by atoms with Crippen molar-refractivity contribution in [1.82, 2.24) is 0 Å². The molecule has 14 heavy (non-hydrogen) atoms. The summed E-state index contributed by atoms with van der Waals surface area (Å²) in [6.45, 7) is 1.83. The number of aromatic carboxylic acids is 1. The van der Waals surface area contributed by atoms with Gasteiger partial charge in [0.1, 0.15) is 0 Å². The lowest BCUT2D eigenvalue weighted by Crippen LogP contribution is -2.05. The Balaban J connectivity index is 3.02. The molecule has 0 heterocycles. The lowest BCUT2D eigenvalue weighted by Gasteiger charge is -2.07. The Kier molecular flexibility index (Phi) is 4.14. The Bertz CT molecular complexity index is 334. The molecule has 1 aromatic rings. The van der Waals surface area contributed by atoms with Gasteiger partial charge < -0.3 is 5.11 Å². The van der Waals surface area contributed by atoms with Crippen LogP contribution in [0.5, 0.6) is 0 Å². The highest BCUT2D eigenvalue weighted by Gasteiger charge is 2.11. The summed E-state index contributed by atoms with van der Waals surface area (Å²) in [5.41, 5.74) is 2.23. The molecular formula is C11H13BrO2. The van der Waals surface area contributed by atoms with E-state index in [-0.39, 0.29) is 0 Å². The van der Waals surface area contributed by atoms with Crippen molar-refractivity contribution in [2.75, 3.05) is 5.33 Å². The number of benzene rings is 1. The molecule has 0 atom stereocenters. The molecule has 0 spiro atoms. The van der Waals surface area contributed by atoms with Crippen LogP contribution < -0.4 is 0 Å². The van der Waals surface area contributed by atoms with E-state index in [4.69, 9.17) is 5.11 Å². The second-order valence-electron chi connectivity index (χ2n) is 3.21. The van der Waals surface area contributed by atoms with Crippen LogP contribution in [0.3, 0.4) is 0 Å². The first-order chi connectivity index (χ1) is 6.66. The van der Waals surface area contributed by atoms with Crippen LogP contribution in [-0.4, -0.2) is 16.4 Å². The van der Waals surface area contributed by atoms with Crippen LogP contribution in [0.4, 0.5) is 0 Å². The van der Waals surface area contributed by atoms with Crippen LogP contribution in [0.1, 0.15) is 27.9 Å². The normalized spacial score (nSPS) is 10.1. The Hall–Kier alpha value is -0.830. The maximum absolute atomic E-state index is 11.0. The van der Waals surface area contributed by atoms with Gasteiger partial charge in [0.25, 0.3) is 0 Å². The van der Waals surface area contributed by atoms with E-state index in [1.807, 2.05) is 25.1 Å². The number of carboxylic acid groups (broad SMARTS) is 1. The quantitative estimate of drug-likeness (QED) is 0.842. The van der Waals surface area contributed by atoms with Crippen LogP contribution in [-0.2, 0) is 6.42 Å². The van der Waals surface area contributed by atoms with Gasteiger partial charge in [-0.15, -0.1) is 0 Å². The molecule has 0 bridgehead atoms. The van der Waals surface area contributed by atoms with Crippen molar-refractivity contribution in [3.63, 3.8) is 0 Å². The Morgan fingerprint density at radius 2 is 2.21 bits per heavy atom. The van der Waals surface area contributed by atoms with Gasteiger partial charge in [0.05, 0.1) is 5.56 Å². The third-order valence-corrected chi connectivity index (χ3v) is 2.71. The minimum atomic E-state index is -0.826. The summed E-state index contributed by atoms with van der Waals surface area (Å²) in [5.74, 6) is -0.826. The summed E-state index contributed by atoms with van der Waals surface area (Å²) < 4.78 is 0. The Labute approximate surface area is 92.1 Å². The van der Waals surface area contributed by atoms with Gasteiger partial charge in [-0.05, 0) is 30.9 Å². The van der Waals surface area contributed by atoms with E-state index in [1.165, 1.54) is 0 Å². The first kappa shape index (κ1) is 11.2. The van der Waals surface area contributed by atoms with E-state index in [1.54, 1.807) is 0 Å². The lowest BCUT2D eigenvalue weighted by atomic mass is 9.99. The number of halogens is 1. The minimum Gasteiger partial charge on any atom is -0.478 e. The fourth-order valence-corrected chi connectivity index (χ4v) is 1.78. The zero-order chi connectivity index (χ0) is 10.6. The first-order valence-electron chi connectivity index (χ1n) is 4.54. The SMILES string of the molecule is Cc1cccc(CCCBr)c1C(=O)O. The molecule has 0 saturated heterocycles. The van der Waals surface area contributed by atoms with Gasteiger partial charge in [-0.3, -0.25) is 0 Å². The van der Waals surface area contributed by atoms with E-state index < -0.39 is 5.97 Å². The van der Waals surface area contributed by atoms with Crippen molar-refractivity contribution in [3.05, 3.63) is 34.9 Å². The molecule has 2 nitrogen and oxygen atoms in total. The largest absolute Gasteiger partial charge is 0.478 e. The molecule has 0 aliphatic heterocycles. The number of carbonyl (C=O) groups is 1. The maximum atomic E-state index is 11.0. The van der Waals surface area contributed by atoms with Crippen LogP contribution in [0.25, 0.3) is 0 Å². The zero-order valence-electron chi connectivity index (χ0n) is 8.09. The van der Waals surface area contributed by atoms with Crippen molar-refractivity contribution >= 4 is 21.9 Å². The van der Waals surface area contributed by atoms with Gasteiger partial charge in [0.2, 0.25) is 0 Å². The van der Waals surface area contributed by atoms with Crippen molar-refractivity contribution in [3.8, 4) is 0 Å². The predicted molar refractivity (Wildman–Crippen MR) is 60.3 cm³/mol. The van der Waals surface area contributed by atoms with Gasteiger partial charge in [0.15, 0.2) is 0 Å². The summed E-state index contributed by atoms with van der Waals surface area (Å²) >= 11 is 3.34. The number of rotatable bonds is 4. The second-order valence-corrected chi connectivity index (χ2v) is 4.00. The third kappa shape index (κ3) is 2.58. The zero-order valence-corrected chi connectivity index (χ0v) is 9.67. The molecule has 0 aliphatic carbocycles. The number of alkyl halides is 1. The molecular weight excluding hydrogens is 244 g/mol. The van der Waals surface area contributed by atoms with E-state index in [2.05, 4.69) is 15.9 Å². The Morgan fingerprint density at radius 1 is 1.50 bits per heavy atom. The fraction of sp³-hybridized carbons (Fsp3) is 0.364. The van der Waals surface area contributed by atoms with Crippen molar-refractivity contribution in [2.24, 2.45) is 0 Å². The van der Waals surface area contributed by atoms with Crippen molar-refractivity contribution in [1.29, 1.82) is 0 Å². The van der Waals surface area contributed by atoms with E-state index in [0.717, 1.165) is 29.3 Å². The number of hydrogen-bond donors (Lipinski definition) is 1. The second kappa shape index (κ2) is 5.15. The standard InChI is InChI=1S/C11H13BrO2/c1-8-4-2-5-9(6-3-7-12)10(8)11(13)14/h2,4-5H,3,6-7H2,1H3,(H,13,14). The minimum absolute atomic E-state index is 0.466. The molecule has 0 saturated carbocycles. The monoisotopic (exact) mass is 256 g/mol. The molecule has 1 rings (SSSR count). The van der Waals surface area contributed by atoms with Gasteiger partial charge >= 0.3 is 5.97 Å². The highest BCUT2D eigenvalue weighted by atomic mass is 79.9. The first-order valence-corrected chi connectivity index (χ1v) is 5.66. The van der Waals surface area contributed by atoms with Crippen LogP contribution in [0, 0.1) is 6.92 Å². The van der Waals surface area contributed by atoms with Crippen LogP contribution >= 0.6 is 15.9 Å². The third-order valence-electron chi connectivity index (χ3n) is 2.15. The fourth-order valence-electron chi connectivity index (χ4n) is 1.50. The molecule has 0 radical (unpaired) electrons. The van der Waals surface area contributed by atoms with Crippen molar-refractivity contribution < 1.29 is 9.90 Å². The molecule has 76 valence electrons. The predicted octanol–water partition coefficient (Wildman–Crippen LogP) is 3.02.